The molecule has 5 heteroatoms. The second-order valence-electron chi connectivity index (χ2n) is 4.95. The van der Waals surface area contributed by atoms with Crippen LogP contribution in [0.15, 0.2) is 0 Å². The Labute approximate surface area is 103 Å². The van der Waals surface area contributed by atoms with E-state index in [-0.39, 0.29) is 24.0 Å². The Balaban J connectivity index is 2.54. The molecule has 1 heterocycles. The molecule has 1 saturated heterocycles. The van der Waals surface area contributed by atoms with E-state index in [1.54, 1.807) is 23.9 Å². The summed E-state index contributed by atoms with van der Waals surface area (Å²) in [6.07, 6.45) is 1.28. The molecule has 0 aliphatic carbocycles. The average Bonchev–Trinajstić information content (AvgIpc) is 2.27. The number of likely N-dealkylation sites (tertiary alicyclic amines) is 1. The van der Waals surface area contributed by atoms with Crippen LogP contribution in [-0.4, -0.2) is 55.1 Å². The number of carbonyl (C=O) groups excluding carboxylic acids is 2. The molecule has 98 valence electrons. The highest BCUT2D eigenvalue weighted by Crippen LogP contribution is 2.19. The molecule has 0 aromatic heterocycles. The van der Waals surface area contributed by atoms with Gasteiger partial charge in [-0.05, 0) is 26.7 Å². The number of amides is 2. The van der Waals surface area contributed by atoms with Gasteiger partial charge in [-0.1, -0.05) is 0 Å². The average molecular weight is 242 g/mol. The van der Waals surface area contributed by atoms with Crippen LogP contribution in [0.1, 0.15) is 26.7 Å². The summed E-state index contributed by atoms with van der Waals surface area (Å²) >= 11 is 0. The Morgan fingerprint density at radius 3 is 2.53 bits per heavy atom. The van der Waals surface area contributed by atoms with E-state index in [4.69, 9.17) is 4.74 Å². The van der Waals surface area contributed by atoms with Gasteiger partial charge in [0.25, 0.3) is 0 Å². The number of carbonyl (C=O) groups is 2. The van der Waals surface area contributed by atoms with Crippen molar-refractivity contribution in [2.45, 2.75) is 32.8 Å². The lowest BCUT2D eigenvalue weighted by atomic mass is 9.97. The van der Waals surface area contributed by atoms with Crippen LogP contribution in [0.25, 0.3) is 0 Å². The minimum Gasteiger partial charge on any atom is -0.447 e. The fourth-order valence-electron chi connectivity index (χ4n) is 1.99. The van der Waals surface area contributed by atoms with E-state index >= 15 is 0 Å². The lowest BCUT2D eigenvalue weighted by molar-refractivity contribution is -0.134. The molecule has 0 radical (unpaired) electrons. The number of rotatable bonds is 2. The van der Waals surface area contributed by atoms with Crippen LogP contribution < -0.4 is 0 Å². The van der Waals surface area contributed by atoms with E-state index in [0.29, 0.717) is 13.1 Å². The van der Waals surface area contributed by atoms with E-state index < -0.39 is 0 Å². The zero-order valence-corrected chi connectivity index (χ0v) is 11.1. The van der Waals surface area contributed by atoms with Gasteiger partial charge in [0, 0.05) is 27.2 Å². The summed E-state index contributed by atoms with van der Waals surface area (Å²) in [6, 6.07) is 0. The maximum atomic E-state index is 11.8. The van der Waals surface area contributed by atoms with Crippen LogP contribution in [0.2, 0.25) is 0 Å². The molecule has 0 bridgehead atoms. The SMILES string of the molecule is CC(C)OC(=O)N1CCCC(C(=O)N(C)C)C1. The molecule has 0 aromatic rings. The molecular formula is C12H22N2O3. The maximum absolute atomic E-state index is 11.8. The molecule has 1 aliphatic rings. The zero-order chi connectivity index (χ0) is 13.0. The molecule has 17 heavy (non-hydrogen) atoms. The first-order valence-corrected chi connectivity index (χ1v) is 6.08. The first-order valence-electron chi connectivity index (χ1n) is 6.08. The smallest absolute Gasteiger partial charge is 0.410 e. The predicted octanol–water partition coefficient (Wildman–Crippen LogP) is 1.33. The lowest BCUT2D eigenvalue weighted by Gasteiger charge is -2.32. The van der Waals surface area contributed by atoms with Crippen molar-refractivity contribution in [3.05, 3.63) is 0 Å². The molecule has 1 fully saturated rings. The third-order valence-corrected chi connectivity index (χ3v) is 2.81. The van der Waals surface area contributed by atoms with Crippen LogP contribution in [0, 0.1) is 5.92 Å². The van der Waals surface area contributed by atoms with Gasteiger partial charge in [-0.2, -0.15) is 0 Å². The fourth-order valence-corrected chi connectivity index (χ4v) is 1.99. The van der Waals surface area contributed by atoms with Crippen LogP contribution in [-0.2, 0) is 9.53 Å². The summed E-state index contributed by atoms with van der Waals surface area (Å²) in [6.45, 7) is 4.81. The predicted molar refractivity (Wildman–Crippen MR) is 64.6 cm³/mol. The highest BCUT2D eigenvalue weighted by Gasteiger charge is 2.30. The van der Waals surface area contributed by atoms with Gasteiger partial charge in [-0.3, -0.25) is 4.79 Å². The highest BCUT2D eigenvalue weighted by atomic mass is 16.6. The van der Waals surface area contributed by atoms with E-state index in [9.17, 15) is 9.59 Å². The largest absolute Gasteiger partial charge is 0.447 e. The third kappa shape index (κ3) is 3.91. The zero-order valence-electron chi connectivity index (χ0n) is 11.1. The first-order chi connectivity index (χ1) is 7.91. The number of piperidine rings is 1. The van der Waals surface area contributed by atoms with Crippen LogP contribution >= 0.6 is 0 Å². The molecule has 1 rings (SSSR count). The van der Waals surface area contributed by atoms with Gasteiger partial charge in [0.1, 0.15) is 0 Å². The number of hydrogen-bond donors (Lipinski definition) is 0. The van der Waals surface area contributed by atoms with Gasteiger partial charge in [0.05, 0.1) is 12.0 Å². The normalized spacial score (nSPS) is 20.3. The summed E-state index contributed by atoms with van der Waals surface area (Å²) in [5, 5.41) is 0. The van der Waals surface area contributed by atoms with Gasteiger partial charge in [-0.25, -0.2) is 4.79 Å². The fraction of sp³-hybridized carbons (Fsp3) is 0.833. The Morgan fingerprint density at radius 1 is 1.35 bits per heavy atom. The van der Waals surface area contributed by atoms with Crippen LogP contribution in [0.5, 0.6) is 0 Å². The molecule has 2 amide bonds. The van der Waals surface area contributed by atoms with Crippen molar-refractivity contribution in [3.8, 4) is 0 Å². The van der Waals surface area contributed by atoms with Gasteiger partial charge in [-0.15, -0.1) is 0 Å². The topological polar surface area (TPSA) is 49.9 Å². The summed E-state index contributed by atoms with van der Waals surface area (Å²) < 4.78 is 5.14. The third-order valence-electron chi connectivity index (χ3n) is 2.81. The van der Waals surface area contributed by atoms with Gasteiger partial charge < -0.3 is 14.5 Å². The summed E-state index contributed by atoms with van der Waals surface area (Å²) in [5.41, 5.74) is 0. The second kappa shape index (κ2) is 5.89. The highest BCUT2D eigenvalue weighted by molar-refractivity contribution is 5.79. The van der Waals surface area contributed by atoms with E-state index in [1.165, 1.54) is 0 Å². The van der Waals surface area contributed by atoms with Crippen molar-refractivity contribution in [2.24, 2.45) is 5.92 Å². The monoisotopic (exact) mass is 242 g/mol. The Bertz CT molecular complexity index is 289. The van der Waals surface area contributed by atoms with Crippen LogP contribution in [0.4, 0.5) is 4.79 Å². The Kier molecular flexibility index (Phi) is 4.78. The van der Waals surface area contributed by atoms with Crippen LogP contribution in [0.3, 0.4) is 0 Å². The van der Waals surface area contributed by atoms with E-state index in [2.05, 4.69) is 0 Å². The Morgan fingerprint density at radius 2 is 2.00 bits per heavy atom. The number of nitrogens with zero attached hydrogens (tertiary/aromatic N) is 2. The summed E-state index contributed by atoms with van der Waals surface area (Å²) in [5.74, 6) is 0.00510. The van der Waals surface area contributed by atoms with Gasteiger partial charge in [0.2, 0.25) is 5.91 Å². The quantitative estimate of drug-likeness (QED) is 0.734. The molecular weight excluding hydrogens is 220 g/mol. The molecule has 0 N–H and O–H groups in total. The first kappa shape index (κ1) is 13.8. The van der Waals surface area contributed by atoms with Crippen molar-refractivity contribution >= 4 is 12.0 Å². The molecule has 1 aliphatic heterocycles. The number of ether oxygens (including phenoxy) is 1. The minimum atomic E-state index is -0.309. The van der Waals surface area contributed by atoms with Crippen molar-refractivity contribution in [3.63, 3.8) is 0 Å². The maximum Gasteiger partial charge on any atom is 0.410 e. The molecule has 1 atom stereocenters. The van der Waals surface area contributed by atoms with Gasteiger partial charge in [0.15, 0.2) is 0 Å². The van der Waals surface area contributed by atoms with Gasteiger partial charge >= 0.3 is 6.09 Å². The minimum absolute atomic E-state index is 0.0848. The molecule has 0 spiro atoms. The molecule has 0 aromatic carbocycles. The van der Waals surface area contributed by atoms with Crippen molar-refractivity contribution in [2.75, 3.05) is 27.2 Å². The Hall–Kier alpha value is -1.26. The van der Waals surface area contributed by atoms with Crippen molar-refractivity contribution < 1.29 is 14.3 Å². The van der Waals surface area contributed by atoms with E-state index in [0.717, 1.165) is 12.8 Å². The van der Waals surface area contributed by atoms with Crippen molar-refractivity contribution in [1.82, 2.24) is 9.80 Å². The molecule has 1 unspecified atom stereocenters. The lowest BCUT2D eigenvalue weighted by Crippen LogP contribution is -2.45. The number of hydrogen-bond acceptors (Lipinski definition) is 3. The second-order valence-corrected chi connectivity index (χ2v) is 4.95. The standard InChI is InChI=1S/C12H22N2O3/c1-9(2)17-12(16)14-7-5-6-10(8-14)11(15)13(3)4/h9-10H,5-8H2,1-4H3. The summed E-state index contributed by atoms with van der Waals surface area (Å²) in [7, 11) is 3.49. The molecule has 5 nitrogen and oxygen atoms in total. The summed E-state index contributed by atoms with van der Waals surface area (Å²) in [4.78, 5) is 26.8. The molecule has 0 saturated carbocycles. The van der Waals surface area contributed by atoms with E-state index in [1.807, 2.05) is 13.8 Å². The van der Waals surface area contributed by atoms with Crippen molar-refractivity contribution in [1.29, 1.82) is 0 Å².